The van der Waals surface area contributed by atoms with E-state index in [2.05, 4.69) is 24.9 Å². The molecule has 2 N–H and O–H groups in total. The van der Waals surface area contributed by atoms with Gasteiger partial charge in [-0.15, -0.1) is 0 Å². The average molecular weight is 316 g/mol. The van der Waals surface area contributed by atoms with Crippen molar-refractivity contribution in [3.63, 3.8) is 0 Å². The van der Waals surface area contributed by atoms with Crippen LogP contribution in [0.25, 0.3) is 0 Å². The van der Waals surface area contributed by atoms with Crippen LogP contribution in [0.2, 0.25) is 5.02 Å². The second-order valence-electron chi connectivity index (χ2n) is 4.18. The number of aryl methyl sites for hydroxylation is 2. The SMILES string of the molecule is Cc1nc(CCCNS(=O)(=O)c2cncc(Cl)c2)n[nH]1. The number of aromatic amines is 1. The van der Waals surface area contributed by atoms with Gasteiger partial charge in [0.2, 0.25) is 10.0 Å². The van der Waals surface area contributed by atoms with Crippen molar-refractivity contribution >= 4 is 21.6 Å². The molecule has 0 aliphatic heterocycles. The number of aromatic nitrogens is 4. The number of halogens is 1. The maximum Gasteiger partial charge on any atom is 0.242 e. The van der Waals surface area contributed by atoms with E-state index in [1.54, 1.807) is 0 Å². The van der Waals surface area contributed by atoms with Gasteiger partial charge in [0.05, 0.1) is 5.02 Å². The van der Waals surface area contributed by atoms with E-state index in [1.165, 1.54) is 18.5 Å². The molecule has 20 heavy (non-hydrogen) atoms. The molecule has 0 atom stereocenters. The van der Waals surface area contributed by atoms with Gasteiger partial charge in [0.15, 0.2) is 5.82 Å². The Morgan fingerprint density at radius 1 is 1.40 bits per heavy atom. The molecule has 0 aromatic carbocycles. The summed E-state index contributed by atoms with van der Waals surface area (Å²) < 4.78 is 26.4. The van der Waals surface area contributed by atoms with Crippen molar-refractivity contribution in [2.75, 3.05) is 6.54 Å². The summed E-state index contributed by atoms with van der Waals surface area (Å²) in [7, 11) is -3.58. The van der Waals surface area contributed by atoms with Crippen LogP contribution in [0.15, 0.2) is 23.4 Å². The van der Waals surface area contributed by atoms with Gasteiger partial charge in [-0.25, -0.2) is 18.1 Å². The molecule has 7 nitrogen and oxygen atoms in total. The Bertz CT molecular complexity index is 686. The van der Waals surface area contributed by atoms with Gasteiger partial charge in [-0.2, -0.15) is 5.10 Å². The molecule has 0 saturated carbocycles. The highest BCUT2D eigenvalue weighted by Gasteiger charge is 2.14. The fourth-order valence-electron chi connectivity index (χ4n) is 1.58. The number of sulfonamides is 1. The molecule has 2 heterocycles. The van der Waals surface area contributed by atoms with Crippen molar-refractivity contribution in [2.45, 2.75) is 24.7 Å². The lowest BCUT2D eigenvalue weighted by Crippen LogP contribution is -2.25. The van der Waals surface area contributed by atoms with Crippen molar-refractivity contribution < 1.29 is 8.42 Å². The van der Waals surface area contributed by atoms with Gasteiger partial charge in [0.1, 0.15) is 10.7 Å². The van der Waals surface area contributed by atoms with Crippen molar-refractivity contribution in [1.82, 2.24) is 24.9 Å². The molecule has 0 saturated heterocycles. The smallest absolute Gasteiger partial charge is 0.242 e. The summed E-state index contributed by atoms with van der Waals surface area (Å²) in [4.78, 5) is 7.95. The fourth-order valence-corrected chi connectivity index (χ4v) is 2.88. The van der Waals surface area contributed by atoms with E-state index in [9.17, 15) is 8.42 Å². The highest BCUT2D eigenvalue weighted by Crippen LogP contribution is 2.13. The quantitative estimate of drug-likeness (QED) is 0.777. The molecule has 2 aromatic rings. The van der Waals surface area contributed by atoms with E-state index < -0.39 is 10.0 Å². The molecular weight excluding hydrogens is 302 g/mol. The van der Waals surface area contributed by atoms with E-state index in [-0.39, 0.29) is 9.92 Å². The molecule has 2 rings (SSSR count). The number of pyridine rings is 1. The highest BCUT2D eigenvalue weighted by molar-refractivity contribution is 7.89. The largest absolute Gasteiger partial charge is 0.263 e. The van der Waals surface area contributed by atoms with Crippen LogP contribution in [0.3, 0.4) is 0 Å². The summed E-state index contributed by atoms with van der Waals surface area (Å²) in [6.07, 6.45) is 3.84. The summed E-state index contributed by atoms with van der Waals surface area (Å²) in [5.41, 5.74) is 0. The Morgan fingerprint density at radius 2 is 2.20 bits per heavy atom. The minimum atomic E-state index is -3.58. The molecule has 9 heteroatoms. The second kappa shape index (κ2) is 6.29. The van der Waals surface area contributed by atoms with Crippen LogP contribution in [0.1, 0.15) is 18.1 Å². The van der Waals surface area contributed by atoms with E-state index in [0.29, 0.717) is 25.2 Å². The topological polar surface area (TPSA) is 101 Å². The van der Waals surface area contributed by atoms with Gasteiger partial charge >= 0.3 is 0 Å². The number of rotatable bonds is 6. The molecule has 0 radical (unpaired) electrons. The zero-order valence-electron chi connectivity index (χ0n) is 10.8. The van der Waals surface area contributed by atoms with Crippen LogP contribution in [-0.4, -0.2) is 35.1 Å². The van der Waals surface area contributed by atoms with Crippen molar-refractivity contribution in [2.24, 2.45) is 0 Å². The predicted octanol–water partition coefficient (Wildman–Crippen LogP) is 1.07. The molecule has 0 aliphatic carbocycles. The molecule has 0 spiro atoms. The van der Waals surface area contributed by atoms with Crippen LogP contribution < -0.4 is 4.72 Å². The standard InChI is InChI=1S/C11H14ClN5O2S/c1-8-15-11(17-16-8)3-2-4-14-20(18,19)10-5-9(12)6-13-7-10/h5-7,14H,2-4H2,1H3,(H,15,16,17). The minimum Gasteiger partial charge on any atom is -0.263 e. The third-order valence-electron chi connectivity index (χ3n) is 2.50. The first-order valence-electron chi connectivity index (χ1n) is 5.95. The zero-order chi connectivity index (χ0) is 14.6. The van der Waals surface area contributed by atoms with E-state index in [0.717, 1.165) is 5.82 Å². The van der Waals surface area contributed by atoms with Crippen LogP contribution in [0.5, 0.6) is 0 Å². The van der Waals surface area contributed by atoms with Crippen LogP contribution in [0.4, 0.5) is 0 Å². The first-order chi connectivity index (χ1) is 9.47. The van der Waals surface area contributed by atoms with Crippen LogP contribution >= 0.6 is 11.6 Å². The number of hydrogen-bond acceptors (Lipinski definition) is 5. The molecule has 2 aromatic heterocycles. The van der Waals surface area contributed by atoms with Gasteiger partial charge in [-0.05, 0) is 19.4 Å². The lowest BCUT2D eigenvalue weighted by molar-refractivity contribution is 0.578. The minimum absolute atomic E-state index is 0.0544. The highest BCUT2D eigenvalue weighted by atomic mass is 35.5. The average Bonchev–Trinajstić information content (AvgIpc) is 2.81. The monoisotopic (exact) mass is 315 g/mol. The van der Waals surface area contributed by atoms with E-state index in [1.807, 2.05) is 6.92 Å². The predicted molar refractivity (Wildman–Crippen MR) is 73.9 cm³/mol. The third kappa shape index (κ3) is 3.99. The van der Waals surface area contributed by atoms with Gasteiger partial charge in [0.25, 0.3) is 0 Å². The first kappa shape index (κ1) is 14.9. The number of hydrogen-bond donors (Lipinski definition) is 2. The molecule has 108 valence electrons. The fraction of sp³-hybridized carbons (Fsp3) is 0.364. The third-order valence-corrected chi connectivity index (χ3v) is 4.14. The van der Waals surface area contributed by atoms with Gasteiger partial charge in [-0.3, -0.25) is 10.1 Å². The van der Waals surface area contributed by atoms with Gasteiger partial charge < -0.3 is 0 Å². The second-order valence-corrected chi connectivity index (χ2v) is 6.38. The van der Waals surface area contributed by atoms with Crippen molar-refractivity contribution in [3.05, 3.63) is 35.1 Å². The Labute approximate surface area is 121 Å². The van der Waals surface area contributed by atoms with Crippen LogP contribution in [0, 0.1) is 6.92 Å². The summed E-state index contributed by atoms with van der Waals surface area (Å²) >= 11 is 5.72. The number of nitrogens with zero attached hydrogens (tertiary/aromatic N) is 3. The Morgan fingerprint density at radius 3 is 2.85 bits per heavy atom. The summed E-state index contributed by atoms with van der Waals surface area (Å²) in [5, 5.41) is 7.00. The lowest BCUT2D eigenvalue weighted by atomic mass is 10.3. The van der Waals surface area contributed by atoms with E-state index >= 15 is 0 Å². The van der Waals surface area contributed by atoms with Gasteiger partial charge in [-0.1, -0.05) is 11.6 Å². The molecule has 0 amide bonds. The lowest BCUT2D eigenvalue weighted by Gasteiger charge is -2.05. The first-order valence-corrected chi connectivity index (χ1v) is 7.81. The normalized spacial score (nSPS) is 11.7. The molecule has 0 aliphatic rings. The number of nitrogens with one attached hydrogen (secondary N) is 2. The Balaban J connectivity index is 1.87. The molecule has 0 fully saturated rings. The molecule has 0 bridgehead atoms. The number of H-pyrrole nitrogens is 1. The van der Waals surface area contributed by atoms with Gasteiger partial charge in [0, 0.05) is 25.4 Å². The van der Waals surface area contributed by atoms with E-state index in [4.69, 9.17) is 11.6 Å². The van der Waals surface area contributed by atoms with Crippen LogP contribution in [-0.2, 0) is 16.4 Å². The summed E-state index contributed by atoms with van der Waals surface area (Å²) in [6.45, 7) is 2.10. The maximum atomic E-state index is 12.0. The van der Waals surface area contributed by atoms with Crippen molar-refractivity contribution in [3.8, 4) is 0 Å². The summed E-state index contributed by atoms with van der Waals surface area (Å²) in [6, 6.07) is 1.36. The maximum absolute atomic E-state index is 12.0. The molecular formula is C11H14ClN5O2S. The Kier molecular flexibility index (Phi) is 4.69. The van der Waals surface area contributed by atoms with Crippen molar-refractivity contribution in [1.29, 1.82) is 0 Å². The molecule has 0 unspecified atom stereocenters. The Hall–Kier alpha value is -1.51. The zero-order valence-corrected chi connectivity index (χ0v) is 12.4. The summed E-state index contributed by atoms with van der Waals surface area (Å²) in [5.74, 6) is 1.41.